The third-order valence-electron chi connectivity index (χ3n) is 5.63. The third kappa shape index (κ3) is 4.16. The van der Waals surface area contributed by atoms with Gasteiger partial charge in [-0.15, -0.1) is 0 Å². The highest BCUT2D eigenvalue weighted by atomic mass is 16.5. The second kappa shape index (κ2) is 8.07. The smallest absolute Gasteiger partial charge is 0.244 e. The summed E-state index contributed by atoms with van der Waals surface area (Å²) in [5.74, 6) is 0.149. The van der Waals surface area contributed by atoms with Crippen molar-refractivity contribution in [3.8, 4) is 11.5 Å². The number of carbonyl (C=O) groups is 3. The van der Waals surface area contributed by atoms with E-state index in [2.05, 4.69) is 5.32 Å². The Morgan fingerprint density at radius 2 is 1.45 bits per heavy atom. The van der Waals surface area contributed by atoms with Gasteiger partial charge < -0.3 is 10.1 Å². The van der Waals surface area contributed by atoms with E-state index in [0.29, 0.717) is 11.4 Å². The molecule has 0 spiro atoms. The highest BCUT2D eigenvalue weighted by molar-refractivity contribution is 6.08. The van der Waals surface area contributed by atoms with E-state index in [4.69, 9.17) is 4.74 Å². The predicted octanol–water partition coefficient (Wildman–Crippen LogP) is 3.90. The molecular formula is C23H24N2O4. The van der Waals surface area contributed by atoms with Crippen LogP contribution in [0.4, 0.5) is 5.69 Å². The average Bonchev–Trinajstić information content (AvgIpc) is 2.96. The minimum absolute atomic E-state index is 0.198. The maximum atomic E-state index is 12.5. The molecule has 29 heavy (non-hydrogen) atoms. The molecule has 0 bridgehead atoms. The van der Waals surface area contributed by atoms with Gasteiger partial charge in [-0.2, -0.15) is 0 Å². The molecule has 0 radical (unpaired) electrons. The quantitative estimate of drug-likeness (QED) is 0.783. The van der Waals surface area contributed by atoms with E-state index in [1.165, 1.54) is 0 Å². The molecule has 1 N–H and O–H groups in total. The number of nitrogens with zero attached hydrogens (tertiary/aromatic N) is 1. The number of likely N-dealkylation sites (tertiary alicyclic amines) is 1. The molecule has 2 aromatic carbocycles. The number of imide groups is 1. The van der Waals surface area contributed by atoms with Gasteiger partial charge >= 0.3 is 0 Å². The Kier molecular flexibility index (Phi) is 5.34. The molecular weight excluding hydrogens is 368 g/mol. The number of carbonyl (C=O) groups excluding carboxylic acids is 3. The Balaban J connectivity index is 1.34. The van der Waals surface area contributed by atoms with Crippen molar-refractivity contribution in [2.24, 2.45) is 11.8 Å². The molecule has 3 amide bonds. The van der Waals surface area contributed by atoms with Crippen LogP contribution in [0.3, 0.4) is 0 Å². The summed E-state index contributed by atoms with van der Waals surface area (Å²) in [4.78, 5) is 38.5. The van der Waals surface area contributed by atoms with Crippen LogP contribution in [0.5, 0.6) is 11.5 Å². The number of nitrogens with one attached hydrogen (secondary N) is 1. The van der Waals surface area contributed by atoms with Crippen molar-refractivity contribution in [2.75, 3.05) is 11.9 Å². The zero-order valence-electron chi connectivity index (χ0n) is 16.4. The lowest BCUT2D eigenvalue weighted by Crippen LogP contribution is -2.38. The molecule has 2 aliphatic rings. The van der Waals surface area contributed by atoms with Gasteiger partial charge in [0, 0.05) is 5.69 Å². The Morgan fingerprint density at radius 3 is 2.00 bits per heavy atom. The zero-order chi connectivity index (χ0) is 20.4. The molecule has 6 heteroatoms. The molecule has 1 saturated heterocycles. The second-order valence-electron chi connectivity index (χ2n) is 7.75. The van der Waals surface area contributed by atoms with Crippen LogP contribution in [-0.4, -0.2) is 29.2 Å². The van der Waals surface area contributed by atoms with Crippen LogP contribution in [0.1, 0.15) is 31.2 Å². The number of hydrogen-bond donors (Lipinski definition) is 1. The number of ether oxygens (including phenoxy) is 1. The summed E-state index contributed by atoms with van der Waals surface area (Å²) in [6, 6.07) is 14.7. The van der Waals surface area contributed by atoms with Crippen LogP contribution in [0.2, 0.25) is 0 Å². The first-order chi connectivity index (χ1) is 14.0. The van der Waals surface area contributed by atoms with Crippen LogP contribution >= 0.6 is 0 Å². The maximum Gasteiger partial charge on any atom is 0.244 e. The minimum Gasteiger partial charge on any atom is -0.457 e. The van der Waals surface area contributed by atoms with E-state index in [9.17, 15) is 14.4 Å². The number of fused-ring (bicyclic) bond motifs is 1. The van der Waals surface area contributed by atoms with Crippen LogP contribution in [0.25, 0.3) is 0 Å². The van der Waals surface area contributed by atoms with Gasteiger partial charge in [-0.1, -0.05) is 30.5 Å². The number of amides is 3. The lowest BCUT2D eigenvalue weighted by atomic mass is 9.81. The fraction of sp³-hybridized carbons (Fsp3) is 0.348. The lowest BCUT2D eigenvalue weighted by Gasteiger charge is -2.19. The van der Waals surface area contributed by atoms with Crippen LogP contribution in [0.15, 0.2) is 48.5 Å². The second-order valence-corrected chi connectivity index (χ2v) is 7.75. The molecule has 150 valence electrons. The zero-order valence-corrected chi connectivity index (χ0v) is 16.4. The van der Waals surface area contributed by atoms with Gasteiger partial charge in [0.2, 0.25) is 17.7 Å². The van der Waals surface area contributed by atoms with Crippen molar-refractivity contribution < 1.29 is 19.1 Å². The molecule has 4 rings (SSSR count). The van der Waals surface area contributed by atoms with Gasteiger partial charge in [0.25, 0.3) is 0 Å². The van der Waals surface area contributed by atoms with Crippen LogP contribution in [0, 0.1) is 18.8 Å². The summed E-state index contributed by atoms with van der Waals surface area (Å²) >= 11 is 0. The molecule has 1 saturated carbocycles. The fourth-order valence-electron chi connectivity index (χ4n) is 4.08. The molecule has 2 unspecified atom stereocenters. The molecule has 2 aromatic rings. The van der Waals surface area contributed by atoms with E-state index < -0.39 is 0 Å². The van der Waals surface area contributed by atoms with E-state index in [0.717, 1.165) is 41.9 Å². The van der Waals surface area contributed by atoms with E-state index >= 15 is 0 Å². The normalized spacial score (nSPS) is 21.1. The molecule has 1 aliphatic heterocycles. The monoisotopic (exact) mass is 392 g/mol. The van der Waals surface area contributed by atoms with Crippen molar-refractivity contribution in [3.63, 3.8) is 0 Å². The number of anilines is 1. The topological polar surface area (TPSA) is 75.7 Å². The number of hydrogen-bond acceptors (Lipinski definition) is 4. The SMILES string of the molecule is Cc1ccc(Oc2ccc(NC(=O)CN3C(=O)C4CCCCC4C3=O)cc2)cc1. The maximum absolute atomic E-state index is 12.5. The van der Waals surface area contributed by atoms with Crippen molar-refractivity contribution in [3.05, 3.63) is 54.1 Å². The number of aryl methyl sites for hydroxylation is 1. The van der Waals surface area contributed by atoms with Gasteiger partial charge in [0.1, 0.15) is 18.0 Å². The van der Waals surface area contributed by atoms with E-state index in [-0.39, 0.29) is 36.1 Å². The molecule has 6 nitrogen and oxygen atoms in total. The summed E-state index contributed by atoms with van der Waals surface area (Å²) in [5, 5.41) is 2.75. The highest BCUT2D eigenvalue weighted by Crippen LogP contribution is 2.37. The molecule has 0 aromatic heterocycles. The standard InChI is InChI=1S/C23H24N2O4/c1-15-6-10-17(11-7-15)29-18-12-8-16(9-13-18)24-21(26)14-25-22(27)19-4-2-3-5-20(19)23(25)28/h6-13,19-20H,2-5,14H2,1H3,(H,24,26). The molecule has 2 fully saturated rings. The highest BCUT2D eigenvalue weighted by Gasteiger charge is 2.48. The first-order valence-electron chi connectivity index (χ1n) is 10.0. The molecule has 1 heterocycles. The minimum atomic E-state index is -0.377. The van der Waals surface area contributed by atoms with Gasteiger partial charge in [-0.25, -0.2) is 0 Å². The van der Waals surface area contributed by atoms with Crippen molar-refractivity contribution in [1.82, 2.24) is 4.90 Å². The summed E-state index contributed by atoms with van der Waals surface area (Å²) in [6.45, 7) is 1.78. The van der Waals surface area contributed by atoms with E-state index in [1.807, 2.05) is 31.2 Å². The Bertz CT molecular complexity index is 897. The first-order valence-corrected chi connectivity index (χ1v) is 10.0. The Labute approximate surface area is 169 Å². The summed E-state index contributed by atoms with van der Waals surface area (Å²) in [7, 11) is 0. The van der Waals surface area contributed by atoms with Gasteiger partial charge in [-0.3, -0.25) is 19.3 Å². The fourth-order valence-corrected chi connectivity index (χ4v) is 4.08. The Morgan fingerprint density at radius 1 is 0.931 bits per heavy atom. The van der Waals surface area contributed by atoms with Crippen LogP contribution < -0.4 is 10.1 Å². The molecule has 2 atom stereocenters. The van der Waals surface area contributed by atoms with Crippen molar-refractivity contribution in [2.45, 2.75) is 32.6 Å². The average molecular weight is 392 g/mol. The predicted molar refractivity (Wildman–Crippen MR) is 108 cm³/mol. The van der Waals surface area contributed by atoms with Crippen molar-refractivity contribution >= 4 is 23.4 Å². The number of rotatable bonds is 5. The lowest BCUT2D eigenvalue weighted by molar-refractivity contribution is -0.142. The molecule has 1 aliphatic carbocycles. The Hall–Kier alpha value is -3.15. The summed E-state index contributed by atoms with van der Waals surface area (Å²) in [6.07, 6.45) is 3.43. The van der Waals surface area contributed by atoms with Gasteiger partial charge in [0.05, 0.1) is 11.8 Å². The van der Waals surface area contributed by atoms with Gasteiger partial charge in [-0.05, 0) is 56.2 Å². The third-order valence-corrected chi connectivity index (χ3v) is 5.63. The van der Waals surface area contributed by atoms with Gasteiger partial charge in [0.15, 0.2) is 0 Å². The summed E-state index contributed by atoms with van der Waals surface area (Å²) < 4.78 is 5.77. The van der Waals surface area contributed by atoms with Crippen molar-refractivity contribution in [1.29, 1.82) is 0 Å². The largest absolute Gasteiger partial charge is 0.457 e. The van der Waals surface area contributed by atoms with E-state index in [1.54, 1.807) is 24.3 Å². The first kappa shape index (κ1) is 19.2. The summed E-state index contributed by atoms with van der Waals surface area (Å²) in [5.41, 5.74) is 1.74. The van der Waals surface area contributed by atoms with Crippen LogP contribution in [-0.2, 0) is 14.4 Å². The number of benzene rings is 2.